The number of benzene rings is 1. The summed E-state index contributed by atoms with van der Waals surface area (Å²) in [5.41, 5.74) is 6.06. The van der Waals surface area contributed by atoms with Crippen LogP contribution in [-0.2, 0) is 4.79 Å². The second-order valence-electron chi connectivity index (χ2n) is 6.34. The zero-order chi connectivity index (χ0) is 15.6. The minimum Gasteiger partial charge on any atom is -0.389 e. The summed E-state index contributed by atoms with van der Waals surface area (Å²) in [5, 5.41) is 2.70. The first kappa shape index (κ1) is 15.9. The lowest BCUT2D eigenvalue weighted by molar-refractivity contribution is -0.124. The van der Waals surface area contributed by atoms with Crippen molar-refractivity contribution in [3.8, 4) is 0 Å². The summed E-state index contributed by atoms with van der Waals surface area (Å²) in [7, 11) is 0. The highest BCUT2D eigenvalue weighted by Crippen LogP contribution is 2.41. The first-order chi connectivity index (χ1) is 9.81. The van der Waals surface area contributed by atoms with E-state index in [-0.39, 0.29) is 27.9 Å². The quantitative estimate of drug-likeness (QED) is 0.839. The zero-order valence-corrected chi connectivity index (χ0v) is 13.2. The summed E-state index contributed by atoms with van der Waals surface area (Å²) in [5.74, 6) is -0.704. The van der Waals surface area contributed by atoms with E-state index in [1.54, 1.807) is 6.07 Å². The summed E-state index contributed by atoms with van der Waals surface area (Å²) in [4.78, 5) is 12.6. The topological polar surface area (TPSA) is 55.1 Å². The molecule has 0 bridgehead atoms. The van der Waals surface area contributed by atoms with Gasteiger partial charge in [-0.05, 0) is 36.5 Å². The Kier molecular flexibility index (Phi) is 4.61. The number of nitrogens with one attached hydrogen (secondary N) is 1. The largest absolute Gasteiger partial charge is 0.389 e. The molecule has 5 heteroatoms. The van der Waals surface area contributed by atoms with Gasteiger partial charge in [0.15, 0.2) is 0 Å². The minimum atomic E-state index is -0.512. The van der Waals surface area contributed by atoms with E-state index >= 15 is 0 Å². The molecule has 1 unspecified atom stereocenters. The molecule has 114 valence electrons. The van der Waals surface area contributed by atoms with Crippen molar-refractivity contribution < 1.29 is 9.18 Å². The van der Waals surface area contributed by atoms with Gasteiger partial charge in [0, 0.05) is 11.5 Å². The first-order valence-electron chi connectivity index (χ1n) is 7.21. The molecule has 1 fully saturated rings. The van der Waals surface area contributed by atoms with Gasteiger partial charge in [0.05, 0.1) is 5.69 Å². The molecule has 0 aliphatic heterocycles. The lowest BCUT2D eigenvalue weighted by Gasteiger charge is -2.37. The van der Waals surface area contributed by atoms with Crippen molar-refractivity contribution in [2.45, 2.75) is 39.5 Å². The van der Waals surface area contributed by atoms with Crippen LogP contribution in [0.3, 0.4) is 0 Å². The van der Waals surface area contributed by atoms with E-state index in [2.05, 4.69) is 19.2 Å². The van der Waals surface area contributed by atoms with Gasteiger partial charge in [0.25, 0.3) is 0 Å². The monoisotopic (exact) mass is 308 g/mol. The van der Waals surface area contributed by atoms with E-state index in [9.17, 15) is 9.18 Å². The van der Waals surface area contributed by atoms with Crippen LogP contribution >= 0.6 is 12.2 Å². The third-order valence-corrected chi connectivity index (χ3v) is 4.57. The Labute approximate surface area is 130 Å². The van der Waals surface area contributed by atoms with Crippen LogP contribution in [0.15, 0.2) is 18.2 Å². The van der Waals surface area contributed by atoms with Crippen LogP contribution in [0.2, 0.25) is 0 Å². The lowest BCUT2D eigenvalue weighted by Crippen LogP contribution is -2.37. The fourth-order valence-corrected chi connectivity index (χ4v) is 3.10. The van der Waals surface area contributed by atoms with Gasteiger partial charge in [-0.3, -0.25) is 4.79 Å². The Bertz CT molecular complexity index is 571. The lowest BCUT2D eigenvalue weighted by atomic mass is 9.68. The van der Waals surface area contributed by atoms with E-state index in [4.69, 9.17) is 18.0 Å². The smallest absolute Gasteiger partial charge is 0.228 e. The van der Waals surface area contributed by atoms with Gasteiger partial charge in [-0.15, -0.1) is 0 Å². The van der Waals surface area contributed by atoms with E-state index in [0.717, 1.165) is 25.7 Å². The van der Waals surface area contributed by atoms with Crippen molar-refractivity contribution >= 4 is 28.8 Å². The Balaban J connectivity index is 2.14. The molecule has 1 aliphatic rings. The fourth-order valence-electron chi connectivity index (χ4n) is 2.97. The molecule has 1 aliphatic carbocycles. The molecule has 21 heavy (non-hydrogen) atoms. The Morgan fingerprint density at radius 1 is 1.43 bits per heavy atom. The normalized spacial score (nSPS) is 20.8. The highest BCUT2D eigenvalue weighted by molar-refractivity contribution is 7.80. The molecule has 2 rings (SSSR count). The van der Waals surface area contributed by atoms with Crippen LogP contribution in [0.1, 0.15) is 45.1 Å². The number of carbonyl (C=O) groups excluding carboxylic acids is 1. The standard InChI is InChI=1S/C16H21FN2OS/c1-16(2)8-4-3-5-11(16)15(20)19-13-7-6-10(14(18)21)9-12(13)17/h6-7,9,11H,3-5,8H2,1-2H3,(H2,18,21)(H,19,20). The predicted octanol–water partition coefficient (Wildman–Crippen LogP) is 3.61. The highest BCUT2D eigenvalue weighted by Gasteiger charge is 2.37. The van der Waals surface area contributed by atoms with Crippen molar-refractivity contribution in [1.82, 2.24) is 0 Å². The zero-order valence-electron chi connectivity index (χ0n) is 12.4. The van der Waals surface area contributed by atoms with Crippen LogP contribution in [0.25, 0.3) is 0 Å². The molecule has 0 aromatic heterocycles. The third-order valence-electron chi connectivity index (χ3n) is 4.34. The Morgan fingerprint density at radius 2 is 2.14 bits per heavy atom. The molecule has 1 atom stereocenters. The fraction of sp³-hybridized carbons (Fsp3) is 0.500. The van der Waals surface area contributed by atoms with Gasteiger partial charge in [0.2, 0.25) is 5.91 Å². The Morgan fingerprint density at radius 3 is 2.71 bits per heavy atom. The number of anilines is 1. The van der Waals surface area contributed by atoms with E-state index in [1.165, 1.54) is 12.1 Å². The summed E-state index contributed by atoms with van der Waals surface area (Å²) >= 11 is 4.81. The van der Waals surface area contributed by atoms with Crippen molar-refractivity contribution in [2.75, 3.05) is 5.32 Å². The molecular formula is C16H21FN2OS. The molecule has 3 nitrogen and oxygen atoms in total. The number of rotatable bonds is 3. The van der Waals surface area contributed by atoms with Gasteiger partial charge in [-0.25, -0.2) is 4.39 Å². The SMILES string of the molecule is CC1(C)CCCCC1C(=O)Nc1ccc(C(N)=S)cc1F. The number of halogens is 1. The second kappa shape index (κ2) is 6.10. The molecule has 3 N–H and O–H groups in total. The molecule has 1 aromatic rings. The molecule has 0 saturated heterocycles. The van der Waals surface area contributed by atoms with Gasteiger partial charge in [-0.2, -0.15) is 0 Å². The maximum absolute atomic E-state index is 14.0. The van der Waals surface area contributed by atoms with Crippen molar-refractivity contribution in [1.29, 1.82) is 0 Å². The molecular weight excluding hydrogens is 287 g/mol. The van der Waals surface area contributed by atoms with Crippen LogP contribution in [-0.4, -0.2) is 10.9 Å². The number of amides is 1. The maximum Gasteiger partial charge on any atom is 0.228 e. The van der Waals surface area contributed by atoms with Gasteiger partial charge < -0.3 is 11.1 Å². The maximum atomic E-state index is 14.0. The van der Waals surface area contributed by atoms with Crippen molar-refractivity contribution in [2.24, 2.45) is 17.1 Å². The molecule has 0 spiro atoms. The molecule has 1 amide bonds. The predicted molar refractivity (Wildman–Crippen MR) is 86.7 cm³/mol. The highest BCUT2D eigenvalue weighted by atomic mass is 32.1. The van der Waals surface area contributed by atoms with Gasteiger partial charge in [0.1, 0.15) is 10.8 Å². The summed E-state index contributed by atoms with van der Waals surface area (Å²) in [6, 6.07) is 4.38. The van der Waals surface area contributed by atoms with Gasteiger partial charge >= 0.3 is 0 Å². The molecule has 0 heterocycles. The first-order valence-corrected chi connectivity index (χ1v) is 7.62. The Hall–Kier alpha value is -1.49. The summed E-state index contributed by atoms with van der Waals surface area (Å²) in [6.07, 6.45) is 4.07. The number of hydrogen-bond acceptors (Lipinski definition) is 2. The number of carbonyl (C=O) groups is 1. The second-order valence-corrected chi connectivity index (χ2v) is 6.77. The average Bonchev–Trinajstić information content (AvgIpc) is 2.40. The van der Waals surface area contributed by atoms with E-state index in [0.29, 0.717) is 5.56 Å². The summed E-state index contributed by atoms with van der Waals surface area (Å²) < 4.78 is 14.0. The minimum absolute atomic E-state index is 0.0441. The van der Waals surface area contributed by atoms with Crippen LogP contribution in [0.5, 0.6) is 0 Å². The van der Waals surface area contributed by atoms with E-state index in [1.807, 2.05) is 0 Å². The van der Waals surface area contributed by atoms with E-state index < -0.39 is 5.82 Å². The van der Waals surface area contributed by atoms with Gasteiger partial charge in [-0.1, -0.05) is 38.9 Å². The number of thiocarbonyl (C=S) groups is 1. The summed E-state index contributed by atoms with van der Waals surface area (Å²) in [6.45, 7) is 4.20. The molecule has 1 saturated carbocycles. The third kappa shape index (κ3) is 3.59. The van der Waals surface area contributed by atoms with Crippen LogP contribution in [0.4, 0.5) is 10.1 Å². The van der Waals surface area contributed by atoms with Crippen molar-refractivity contribution in [3.05, 3.63) is 29.6 Å². The van der Waals surface area contributed by atoms with Crippen LogP contribution < -0.4 is 11.1 Å². The molecule has 1 aromatic carbocycles. The number of nitrogens with two attached hydrogens (primary N) is 1. The molecule has 0 radical (unpaired) electrons. The van der Waals surface area contributed by atoms with Crippen LogP contribution in [0, 0.1) is 17.2 Å². The average molecular weight is 308 g/mol. The van der Waals surface area contributed by atoms with Crippen molar-refractivity contribution in [3.63, 3.8) is 0 Å². The number of hydrogen-bond donors (Lipinski definition) is 2.